The first kappa shape index (κ1) is 21.8. The number of aromatic nitrogens is 3. The number of ether oxygens (including phenoxy) is 2. The van der Waals surface area contributed by atoms with Crippen LogP contribution >= 0.6 is 11.3 Å². The van der Waals surface area contributed by atoms with Gasteiger partial charge in [-0.15, -0.1) is 11.3 Å². The van der Waals surface area contributed by atoms with Crippen LogP contribution in [0, 0.1) is 19.8 Å². The summed E-state index contributed by atoms with van der Waals surface area (Å²) in [7, 11) is 0. The van der Waals surface area contributed by atoms with Gasteiger partial charge in [-0.05, 0) is 44.9 Å². The number of hydrogen-bond acceptors (Lipinski definition) is 8. The number of hydrogen-bond donors (Lipinski definition) is 2. The zero-order chi connectivity index (χ0) is 22.5. The molecule has 1 aliphatic rings. The summed E-state index contributed by atoms with van der Waals surface area (Å²) in [5.74, 6) is 0.979. The Bertz CT molecular complexity index is 1130. The van der Waals surface area contributed by atoms with Gasteiger partial charge in [-0.1, -0.05) is 0 Å². The maximum absolute atomic E-state index is 12.2. The van der Waals surface area contributed by atoms with Crippen molar-refractivity contribution in [2.75, 3.05) is 18.5 Å². The van der Waals surface area contributed by atoms with Crippen LogP contribution in [0.1, 0.15) is 23.5 Å². The van der Waals surface area contributed by atoms with Crippen LogP contribution in [-0.4, -0.2) is 40.1 Å². The summed E-state index contributed by atoms with van der Waals surface area (Å²) in [5, 5.41) is 5.93. The fraction of sp³-hybridized carbons (Fsp3) is 0.318. The van der Waals surface area contributed by atoms with E-state index in [2.05, 4.69) is 25.6 Å². The average molecular weight is 454 g/mol. The zero-order valence-electron chi connectivity index (χ0n) is 17.8. The number of thiazole rings is 1. The second-order valence-electron chi connectivity index (χ2n) is 7.33. The van der Waals surface area contributed by atoms with Gasteiger partial charge in [0.05, 0.1) is 21.3 Å². The van der Waals surface area contributed by atoms with Crippen LogP contribution in [0.3, 0.4) is 0 Å². The number of aryl methyl sites for hydroxylation is 2. The van der Waals surface area contributed by atoms with Gasteiger partial charge in [0, 0.05) is 37.6 Å². The first-order valence-corrected chi connectivity index (χ1v) is 11.0. The summed E-state index contributed by atoms with van der Waals surface area (Å²) in [6, 6.07) is 6.33. The van der Waals surface area contributed by atoms with E-state index in [1.807, 2.05) is 13.0 Å². The molecule has 0 aliphatic carbocycles. The second kappa shape index (κ2) is 9.84. The third-order valence-electron chi connectivity index (χ3n) is 4.94. The Morgan fingerprint density at radius 2 is 1.97 bits per heavy atom. The van der Waals surface area contributed by atoms with Crippen molar-refractivity contribution in [2.24, 2.45) is 5.92 Å². The SMILES string of the molecule is Cc1ncc(-c2cc(Oc3ccc(NC(=O)NC(=O)C4CCOCC4)nc3C)ccn2)s1. The van der Waals surface area contributed by atoms with Crippen molar-refractivity contribution in [2.45, 2.75) is 26.7 Å². The van der Waals surface area contributed by atoms with Crippen LogP contribution in [0.2, 0.25) is 0 Å². The maximum Gasteiger partial charge on any atom is 0.327 e. The van der Waals surface area contributed by atoms with Crippen molar-refractivity contribution in [3.8, 4) is 22.1 Å². The van der Waals surface area contributed by atoms with E-state index in [0.29, 0.717) is 49.1 Å². The normalized spacial score (nSPS) is 14.1. The Kier molecular flexibility index (Phi) is 6.72. The van der Waals surface area contributed by atoms with Crippen LogP contribution in [-0.2, 0) is 9.53 Å². The zero-order valence-corrected chi connectivity index (χ0v) is 18.6. The molecule has 0 unspecified atom stereocenters. The van der Waals surface area contributed by atoms with Gasteiger partial charge in [-0.2, -0.15) is 0 Å². The van der Waals surface area contributed by atoms with Crippen molar-refractivity contribution in [1.82, 2.24) is 20.3 Å². The molecule has 4 heterocycles. The third kappa shape index (κ3) is 5.45. The molecule has 0 atom stereocenters. The van der Waals surface area contributed by atoms with Crippen molar-refractivity contribution < 1.29 is 19.1 Å². The number of imide groups is 1. The lowest BCUT2D eigenvalue weighted by molar-refractivity contribution is -0.126. The van der Waals surface area contributed by atoms with E-state index < -0.39 is 6.03 Å². The Morgan fingerprint density at radius 3 is 2.69 bits per heavy atom. The van der Waals surface area contributed by atoms with E-state index in [1.165, 1.54) is 0 Å². The van der Waals surface area contributed by atoms with Gasteiger partial charge < -0.3 is 9.47 Å². The predicted molar refractivity (Wildman–Crippen MR) is 120 cm³/mol. The fourth-order valence-corrected chi connectivity index (χ4v) is 4.01. The molecule has 166 valence electrons. The summed E-state index contributed by atoms with van der Waals surface area (Å²) in [4.78, 5) is 38.3. The third-order valence-corrected chi connectivity index (χ3v) is 5.88. The predicted octanol–water partition coefficient (Wildman–Crippen LogP) is 4.08. The number of pyridine rings is 2. The van der Waals surface area contributed by atoms with Crippen molar-refractivity contribution >= 4 is 29.1 Å². The molecule has 3 aromatic heterocycles. The first-order chi connectivity index (χ1) is 15.5. The molecule has 0 aromatic carbocycles. The van der Waals surface area contributed by atoms with E-state index >= 15 is 0 Å². The molecule has 1 saturated heterocycles. The van der Waals surface area contributed by atoms with E-state index in [4.69, 9.17) is 9.47 Å². The van der Waals surface area contributed by atoms with Gasteiger partial charge in [0.25, 0.3) is 0 Å². The number of urea groups is 1. The van der Waals surface area contributed by atoms with Gasteiger partial charge in [0.1, 0.15) is 17.3 Å². The van der Waals surface area contributed by atoms with Gasteiger partial charge in [-0.3, -0.25) is 20.4 Å². The van der Waals surface area contributed by atoms with Gasteiger partial charge in [0.15, 0.2) is 0 Å². The summed E-state index contributed by atoms with van der Waals surface area (Å²) >= 11 is 1.56. The van der Waals surface area contributed by atoms with Crippen LogP contribution in [0.25, 0.3) is 10.6 Å². The Balaban J connectivity index is 1.38. The van der Waals surface area contributed by atoms with Crippen molar-refractivity contribution in [3.05, 3.63) is 47.4 Å². The number of nitrogens with zero attached hydrogens (tertiary/aromatic N) is 3. The second-order valence-corrected chi connectivity index (χ2v) is 8.57. The lowest BCUT2D eigenvalue weighted by Gasteiger charge is -2.20. The van der Waals surface area contributed by atoms with Gasteiger partial charge in [0.2, 0.25) is 5.91 Å². The quantitative estimate of drug-likeness (QED) is 0.598. The Morgan fingerprint density at radius 1 is 1.16 bits per heavy atom. The molecule has 0 saturated carbocycles. The number of amides is 3. The van der Waals surface area contributed by atoms with Crippen LogP contribution < -0.4 is 15.4 Å². The minimum atomic E-state index is -0.610. The number of anilines is 1. The number of rotatable bonds is 5. The van der Waals surface area contributed by atoms with E-state index in [-0.39, 0.29) is 11.8 Å². The number of carbonyl (C=O) groups is 2. The molecular weight excluding hydrogens is 430 g/mol. The molecule has 0 spiro atoms. The first-order valence-electron chi connectivity index (χ1n) is 10.2. The molecule has 1 aliphatic heterocycles. The van der Waals surface area contributed by atoms with Crippen LogP contribution in [0.15, 0.2) is 36.7 Å². The summed E-state index contributed by atoms with van der Waals surface area (Å²) < 4.78 is 11.2. The average Bonchev–Trinajstić information content (AvgIpc) is 3.23. The molecule has 4 rings (SSSR count). The minimum Gasteiger partial charge on any atom is -0.455 e. The molecule has 3 aromatic rings. The summed E-state index contributed by atoms with van der Waals surface area (Å²) in [5.41, 5.74) is 1.37. The monoisotopic (exact) mass is 453 g/mol. The van der Waals surface area contributed by atoms with E-state index in [1.54, 1.807) is 48.9 Å². The topological polar surface area (TPSA) is 115 Å². The molecule has 3 amide bonds. The van der Waals surface area contributed by atoms with Gasteiger partial charge in [-0.25, -0.2) is 14.8 Å². The van der Waals surface area contributed by atoms with E-state index in [9.17, 15) is 9.59 Å². The molecule has 9 nitrogen and oxygen atoms in total. The Labute approximate surface area is 189 Å². The van der Waals surface area contributed by atoms with Crippen LogP contribution in [0.4, 0.5) is 10.6 Å². The lowest BCUT2D eigenvalue weighted by Crippen LogP contribution is -2.40. The number of carbonyl (C=O) groups excluding carboxylic acids is 2. The van der Waals surface area contributed by atoms with Gasteiger partial charge >= 0.3 is 6.03 Å². The Hall–Kier alpha value is -3.37. The van der Waals surface area contributed by atoms with Crippen molar-refractivity contribution in [3.63, 3.8) is 0 Å². The highest BCUT2D eigenvalue weighted by Gasteiger charge is 2.23. The number of nitrogens with one attached hydrogen (secondary N) is 2. The summed E-state index contributed by atoms with van der Waals surface area (Å²) in [6.07, 6.45) is 4.69. The highest BCUT2D eigenvalue weighted by Crippen LogP contribution is 2.30. The molecule has 32 heavy (non-hydrogen) atoms. The maximum atomic E-state index is 12.2. The molecule has 0 radical (unpaired) electrons. The van der Waals surface area contributed by atoms with Crippen LogP contribution in [0.5, 0.6) is 11.5 Å². The largest absolute Gasteiger partial charge is 0.455 e. The van der Waals surface area contributed by atoms with Crippen molar-refractivity contribution in [1.29, 1.82) is 0 Å². The smallest absolute Gasteiger partial charge is 0.327 e. The standard InChI is InChI=1S/C22H23N5O4S/c1-13-18(31-16-5-8-23-17(11-16)19-12-24-14(2)32-19)3-4-20(25-13)26-22(29)27-21(28)15-6-9-30-10-7-15/h3-5,8,11-12,15H,6-7,9-10H2,1-2H3,(H2,25,26,27,28,29). The summed E-state index contributed by atoms with van der Waals surface area (Å²) in [6.45, 7) is 4.79. The highest BCUT2D eigenvalue weighted by molar-refractivity contribution is 7.15. The fourth-order valence-electron chi connectivity index (χ4n) is 3.26. The highest BCUT2D eigenvalue weighted by atomic mass is 32.1. The minimum absolute atomic E-state index is 0.209. The lowest BCUT2D eigenvalue weighted by atomic mass is 10.00. The molecule has 10 heteroatoms. The molecular formula is C22H23N5O4S. The molecule has 1 fully saturated rings. The van der Waals surface area contributed by atoms with E-state index in [0.717, 1.165) is 15.6 Å². The molecule has 0 bridgehead atoms. The molecule has 2 N–H and O–H groups in total.